The Morgan fingerprint density at radius 1 is 1.10 bits per heavy atom. The topological polar surface area (TPSA) is 92.2 Å². The number of hydrogen-bond acceptors (Lipinski definition) is 4. The summed E-state index contributed by atoms with van der Waals surface area (Å²) in [5.74, 6) is -1.11. The zero-order valence-corrected chi connectivity index (χ0v) is 15.5. The van der Waals surface area contributed by atoms with Crippen LogP contribution >= 0.6 is 0 Å². The number of hydrogen-bond donors (Lipinski definition) is 2. The predicted molar refractivity (Wildman–Crippen MR) is 93.7 cm³/mol. The van der Waals surface area contributed by atoms with Gasteiger partial charge in [0.05, 0.1) is 11.1 Å². The number of alkyl halides is 6. The molecule has 1 aliphatic heterocycles. The second-order valence-electron chi connectivity index (χ2n) is 6.37. The summed E-state index contributed by atoms with van der Waals surface area (Å²) >= 11 is 0. The van der Waals surface area contributed by atoms with Gasteiger partial charge >= 0.3 is 18.4 Å². The molecule has 0 atom stereocenters. The maximum atomic E-state index is 13.0. The fourth-order valence-electron chi connectivity index (χ4n) is 2.61. The number of benzene rings is 1. The number of urea groups is 1. The van der Waals surface area contributed by atoms with Crippen LogP contribution in [0.25, 0.3) is 17.6 Å². The molecule has 1 saturated heterocycles. The van der Waals surface area contributed by atoms with E-state index in [9.17, 15) is 35.9 Å². The van der Waals surface area contributed by atoms with Gasteiger partial charge in [-0.05, 0) is 24.6 Å². The molecule has 1 fully saturated rings. The van der Waals surface area contributed by atoms with E-state index in [0.29, 0.717) is 31.6 Å². The number of halogens is 6. The minimum Gasteiger partial charge on any atom is -0.336 e. The number of hydrazine groups is 1. The van der Waals surface area contributed by atoms with Gasteiger partial charge in [0.1, 0.15) is 6.33 Å². The zero-order chi connectivity index (χ0) is 22.8. The van der Waals surface area contributed by atoms with Crippen molar-refractivity contribution >= 4 is 18.1 Å². The van der Waals surface area contributed by atoms with Crippen LogP contribution in [0, 0.1) is 0 Å². The van der Waals surface area contributed by atoms with Crippen LogP contribution in [0.3, 0.4) is 0 Å². The molecule has 0 unspecified atom stereocenters. The molecule has 1 aromatic heterocycles. The molecule has 0 saturated carbocycles. The van der Waals surface area contributed by atoms with Gasteiger partial charge in [-0.15, -0.1) is 5.10 Å². The second-order valence-corrected chi connectivity index (χ2v) is 6.37. The van der Waals surface area contributed by atoms with Crippen molar-refractivity contribution in [1.82, 2.24) is 30.5 Å². The van der Waals surface area contributed by atoms with Crippen molar-refractivity contribution < 1.29 is 35.9 Å². The van der Waals surface area contributed by atoms with Crippen molar-refractivity contribution in [3.8, 4) is 11.4 Å². The summed E-state index contributed by atoms with van der Waals surface area (Å²) in [6, 6.07) is 0.517. The summed E-state index contributed by atoms with van der Waals surface area (Å²) in [5.41, 5.74) is -1.18. The molecule has 1 aliphatic rings. The maximum Gasteiger partial charge on any atom is 0.416 e. The first kappa shape index (κ1) is 22.1. The largest absolute Gasteiger partial charge is 0.416 e. The van der Waals surface area contributed by atoms with Crippen LogP contribution in [-0.2, 0) is 17.1 Å². The molecular weight excluding hydrogens is 434 g/mol. The molecule has 0 spiro atoms. The number of carbonyl (C=O) groups is 2. The van der Waals surface area contributed by atoms with Gasteiger partial charge < -0.3 is 5.32 Å². The number of rotatable bonds is 4. The van der Waals surface area contributed by atoms with Gasteiger partial charge in [-0.1, -0.05) is 0 Å². The van der Waals surface area contributed by atoms with Crippen molar-refractivity contribution in [2.45, 2.75) is 18.8 Å². The lowest BCUT2D eigenvalue weighted by molar-refractivity contribution is -0.143. The van der Waals surface area contributed by atoms with E-state index in [1.54, 1.807) is 0 Å². The average Bonchev–Trinajstić information content (AvgIpc) is 3.16. The van der Waals surface area contributed by atoms with E-state index >= 15 is 0 Å². The van der Waals surface area contributed by atoms with E-state index in [-0.39, 0.29) is 6.07 Å². The minimum absolute atomic E-state index is 0.00147. The van der Waals surface area contributed by atoms with E-state index in [0.717, 1.165) is 28.3 Å². The molecule has 0 bridgehead atoms. The predicted octanol–water partition coefficient (Wildman–Crippen LogP) is 2.90. The molecule has 3 rings (SSSR count). The van der Waals surface area contributed by atoms with Crippen molar-refractivity contribution in [2.24, 2.45) is 0 Å². The molecule has 14 heteroatoms. The molecule has 3 amide bonds. The summed E-state index contributed by atoms with van der Waals surface area (Å²) in [6.45, 7) is 0.782. The molecule has 166 valence electrons. The SMILES string of the molecule is O=C(/C=C\n1cnc(-c2cc(C(F)(F)F)cc(C(F)(F)F)c2)n1)NN1CCCNC1=O. The van der Waals surface area contributed by atoms with Gasteiger partial charge in [-0.3, -0.25) is 10.2 Å². The van der Waals surface area contributed by atoms with Crippen LogP contribution < -0.4 is 10.7 Å². The van der Waals surface area contributed by atoms with Crippen LogP contribution in [-0.4, -0.2) is 44.8 Å². The Balaban J connectivity index is 1.79. The van der Waals surface area contributed by atoms with Crippen molar-refractivity contribution in [3.05, 3.63) is 41.7 Å². The highest BCUT2D eigenvalue weighted by molar-refractivity contribution is 5.91. The van der Waals surface area contributed by atoms with Gasteiger partial charge in [0.2, 0.25) is 0 Å². The van der Waals surface area contributed by atoms with Gasteiger partial charge in [-0.25, -0.2) is 19.5 Å². The van der Waals surface area contributed by atoms with E-state index in [4.69, 9.17) is 0 Å². The molecular formula is C17H14F6N6O2. The Bertz CT molecular complexity index is 981. The van der Waals surface area contributed by atoms with Crippen molar-refractivity contribution in [2.75, 3.05) is 13.1 Å². The molecule has 0 aliphatic carbocycles. The Morgan fingerprint density at radius 2 is 1.74 bits per heavy atom. The highest BCUT2D eigenvalue weighted by Crippen LogP contribution is 2.38. The number of nitrogens with zero attached hydrogens (tertiary/aromatic N) is 4. The third-order valence-electron chi connectivity index (χ3n) is 4.06. The number of aromatic nitrogens is 3. The van der Waals surface area contributed by atoms with Crippen LogP contribution in [0.15, 0.2) is 30.6 Å². The monoisotopic (exact) mass is 448 g/mol. The molecule has 8 nitrogen and oxygen atoms in total. The summed E-state index contributed by atoms with van der Waals surface area (Å²) in [6.07, 6.45) is -6.34. The molecule has 2 N–H and O–H groups in total. The van der Waals surface area contributed by atoms with Crippen molar-refractivity contribution in [3.63, 3.8) is 0 Å². The zero-order valence-electron chi connectivity index (χ0n) is 15.5. The van der Waals surface area contributed by atoms with Gasteiger partial charge in [0, 0.05) is 30.9 Å². The smallest absolute Gasteiger partial charge is 0.336 e. The Labute approximate surface area is 170 Å². The van der Waals surface area contributed by atoms with E-state index in [2.05, 4.69) is 20.8 Å². The Hall–Kier alpha value is -3.58. The highest BCUT2D eigenvalue weighted by atomic mass is 19.4. The normalized spacial score (nSPS) is 15.3. The van der Waals surface area contributed by atoms with Crippen molar-refractivity contribution in [1.29, 1.82) is 0 Å². The summed E-state index contributed by atoms with van der Waals surface area (Å²) in [4.78, 5) is 27.1. The third-order valence-corrected chi connectivity index (χ3v) is 4.06. The maximum absolute atomic E-state index is 13.0. The van der Waals surface area contributed by atoms with Gasteiger partial charge in [-0.2, -0.15) is 26.3 Å². The Kier molecular flexibility index (Phi) is 5.90. The highest BCUT2D eigenvalue weighted by Gasteiger charge is 2.37. The lowest BCUT2D eigenvalue weighted by atomic mass is 10.0. The first-order valence-corrected chi connectivity index (χ1v) is 8.69. The van der Waals surface area contributed by atoms with Gasteiger partial charge in [0.15, 0.2) is 5.82 Å². The lowest BCUT2D eigenvalue weighted by Gasteiger charge is -2.26. The quantitative estimate of drug-likeness (QED) is 0.556. The Morgan fingerprint density at radius 3 is 2.32 bits per heavy atom. The van der Waals surface area contributed by atoms with Crippen LogP contribution in [0.1, 0.15) is 17.5 Å². The van der Waals surface area contributed by atoms with E-state index in [1.807, 2.05) is 0 Å². The molecule has 0 radical (unpaired) electrons. The number of amides is 3. The van der Waals surface area contributed by atoms with E-state index in [1.165, 1.54) is 0 Å². The minimum atomic E-state index is -5.00. The van der Waals surface area contributed by atoms with Crippen LogP contribution in [0.2, 0.25) is 0 Å². The lowest BCUT2D eigenvalue weighted by Crippen LogP contribution is -2.54. The van der Waals surface area contributed by atoms with Gasteiger partial charge in [0.25, 0.3) is 5.91 Å². The molecule has 2 aromatic rings. The summed E-state index contributed by atoms with van der Waals surface area (Å²) < 4.78 is 78.8. The molecule has 31 heavy (non-hydrogen) atoms. The standard InChI is InChI=1S/C17H14F6N6O2/c18-16(19,20)11-6-10(7-12(8-11)17(21,22)23)14-25-9-28(27-14)5-2-13(30)26-29-4-1-3-24-15(29)31/h2,5-9H,1,3-4H2,(H,24,31)(H,26,30)/b5-2-. The second kappa shape index (κ2) is 8.28. The molecule has 2 heterocycles. The third kappa shape index (κ3) is 5.52. The summed E-state index contributed by atoms with van der Waals surface area (Å²) in [7, 11) is 0. The van der Waals surface area contributed by atoms with Crippen LogP contribution in [0.4, 0.5) is 31.1 Å². The fraction of sp³-hybridized carbons (Fsp3) is 0.294. The fourth-order valence-corrected chi connectivity index (χ4v) is 2.61. The summed E-state index contributed by atoms with van der Waals surface area (Å²) in [5, 5.41) is 7.35. The van der Waals surface area contributed by atoms with Crippen LogP contribution in [0.5, 0.6) is 0 Å². The average molecular weight is 448 g/mol. The van der Waals surface area contributed by atoms with E-state index < -0.39 is 46.8 Å². The number of carbonyl (C=O) groups excluding carboxylic acids is 2. The molecule has 1 aromatic carbocycles. The first-order valence-electron chi connectivity index (χ1n) is 8.69. The number of nitrogens with one attached hydrogen (secondary N) is 2. The first-order chi connectivity index (χ1) is 14.4.